The molecule has 0 radical (unpaired) electrons. The Hall–Kier alpha value is -0.870. The molecular weight excluding hydrogens is 699 g/mol. The summed E-state index contributed by atoms with van der Waals surface area (Å²) in [6, 6.07) is -1.11. The molecule has 0 amide bonds. The van der Waals surface area contributed by atoms with Crippen LogP contribution in [0.2, 0.25) is 0 Å². The molecule has 0 bridgehead atoms. The van der Waals surface area contributed by atoms with Crippen molar-refractivity contribution in [2.45, 2.75) is 178 Å². The molecule has 0 aromatic heterocycles. The Labute approximate surface area is 306 Å². The fourth-order valence-corrected chi connectivity index (χ4v) is 9.86. The summed E-state index contributed by atoms with van der Waals surface area (Å²) in [5.74, 6) is 0. The maximum atomic E-state index is 15.0. The van der Waals surface area contributed by atoms with Crippen molar-refractivity contribution < 1.29 is 39.5 Å². The lowest BCUT2D eigenvalue weighted by Gasteiger charge is -2.47. The van der Waals surface area contributed by atoms with Crippen molar-refractivity contribution in [1.82, 2.24) is 29.4 Å². The van der Waals surface area contributed by atoms with Crippen molar-refractivity contribution in [1.29, 1.82) is 0 Å². The van der Waals surface area contributed by atoms with Gasteiger partial charge in [0.2, 0.25) is 0 Å². The molecule has 4 saturated heterocycles. The second-order valence-electron chi connectivity index (χ2n) is 19.4. The molecule has 0 aliphatic carbocycles. The molecule has 4 fully saturated rings. The Bertz CT molecular complexity index is 1240. The lowest BCUT2D eigenvalue weighted by molar-refractivity contribution is -0.231. The third-order valence-electron chi connectivity index (χ3n) is 13.8. The van der Waals surface area contributed by atoms with Crippen LogP contribution in [0.3, 0.4) is 0 Å². The zero-order valence-electron chi connectivity index (χ0n) is 33.5. The number of halogens is 9. The minimum absolute atomic E-state index is 0.00119. The summed E-state index contributed by atoms with van der Waals surface area (Å²) >= 11 is 0. The summed E-state index contributed by atoms with van der Waals surface area (Å²) in [4.78, 5) is 10.4. The highest BCUT2D eigenvalue weighted by molar-refractivity contribution is 5.12. The van der Waals surface area contributed by atoms with E-state index < -0.39 is 63.8 Å². The van der Waals surface area contributed by atoms with Gasteiger partial charge in [0.25, 0.3) is 0 Å². The van der Waals surface area contributed by atoms with Crippen LogP contribution < -0.4 is 0 Å². The summed E-state index contributed by atoms with van der Waals surface area (Å²) in [6.45, 7) is 19.0. The summed E-state index contributed by atoms with van der Waals surface area (Å²) in [5, 5.41) is 0. The molecule has 0 aromatic rings. The van der Waals surface area contributed by atoms with Gasteiger partial charge in [0.15, 0.2) is 0 Å². The Balaban J connectivity index is 1.45. The van der Waals surface area contributed by atoms with Crippen LogP contribution in [-0.4, -0.2) is 159 Å². The van der Waals surface area contributed by atoms with Crippen molar-refractivity contribution in [2.24, 2.45) is 0 Å². The predicted molar refractivity (Wildman–Crippen MR) is 187 cm³/mol. The van der Waals surface area contributed by atoms with Crippen molar-refractivity contribution >= 4 is 0 Å². The van der Waals surface area contributed by atoms with Gasteiger partial charge in [0, 0.05) is 54.4 Å². The Kier molecular flexibility index (Phi) is 11.8. The van der Waals surface area contributed by atoms with E-state index in [9.17, 15) is 39.5 Å². The van der Waals surface area contributed by atoms with Gasteiger partial charge in [-0.3, -0.25) is 19.6 Å². The van der Waals surface area contributed by atoms with Crippen LogP contribution in [-0.2, 0) is 0 Å². The van der Waals surface area contributed by atoms with Crippen molar-refractivity contribution in [3.8, 4) is 0 Å². The number of hydrogen-bond acceptors (Lipinski definition) is 6. The second-order valence-corrected chi connectivity index (χ2v) is 19.4. The number of nitrogens with zero attached hydrogens (tertiary/aromatic N) is 6. The van der Waals surface area contributed by atoms with E-state index in [1.54, 1.807) is 53.6 Å². The van der Waals surface area contributed by atoms with Gasteiger partial charge in [-0.1, -0.05) is 0 Å². The first-order valence-electron chi connectivity index (χ1n) is 18.9. The highest BCUT2D eigenvalue weighted by Gasteiger charge is 2.65. The van der Waals surface area contributed by atoms with E-state index in [-0.39, 0.29) is 38.4 Å². The molecule has 4 heterocycles. The molecule has 52 heavy (non-hydrogen) atoms. The fraction of sp³-hybridized carbons (Fsp3) is 1.00. The monoisotopic (exact) mass is 765 g/mol. The van der Waals surface area contributed by atoms with Gasteiger partial charge in [-0.25, -0.2) is 0 Å². The van der Waals surface area contributed by atoms with Crippen LogP contribution in [0, 0.1) is 0 Å². The third kappa shape index (κ3) is 8.02. The lowest BCUT2D eigenvalue weighted by Crippen LogP contribution is -2.61. The van der Waals surface area contributed by atoms with Crippen molar-refractivity contribution in [2.75, 3.05) is 59.9 Å². The molecular formula is C37H65F9N6. The first kappa shape index (κ1) is 43.9. The van der Waals surface area contributed by atoms with E-state index in [0.29, 0.717) is 32.5 Å². The van der Waals surface area contributed by atoms with E-state index in [2.05, 4.69) is 4.90 Å². The number of hydrogen-bond donors (Lipinski definition) is 0. The predicted octanol–water partition coefficient (Wildman–Crippen LogP) is 7.88. The lowest BCUT2D eigenvalue weighted by atomic mass is 9.88. The Morgan fingerprint density at radius 3 is 1.21 bits per heavy atom. The summed E-state index contributed by atoms with van der Waals surface area (Å²) < 4.78 is 132. The molecule has 6 nitrogen and oxygen atoms in total. The first-order valence-corrected chi connectivity index (χ1v) is 18.9. The molecule has 6 atom stereocenters. The highest BCUT2D eigenvalue weighted by Crippen LogP contribution is 2.51. The van der Waals surface area contributed by atoms with Crippen LogP contribution in [0.4, 0.5) is 39.5 Å². The number of alkyl halides is 9. The van der Waals surface area contributed by atoms with Gasteiger partial charge in [0.1, 0.15) is 16.6 Å². The largest absolute Gasteiger partial charge is 0.406 e. The van der Waals surface area contributed by atoms with Crippen LogP contribution in [0.1, 0.15) is 108 Å². The molecule has 0 aromatic carbocycles. The summed E-state index contributed by atoms with van der Waals surface area (Å²) in [6.07, 6.45) is -12.1. The molecule has 0 spiro atoms. The van der Waals surface area contributed by atoms with Crippen LogP contribution in [0.25, 0.3) is 0 Å². The van der Waals surface area contributed by atoms with Gasteiger partial charge >= 0.3 is 18.5 Å². The van der Waals surface area contributed by atoms with Crippen molar-refractivity contribution in [3.63, 3.8) is 0 Å². The second kappa shape index (κ2) is 14.0. The number of likely N-dealkylation sites (N-methyl/N-ethyl adjacent to an activating group) is 2. The minimum atomic E-state index is -4.56. The van der Waals surface area contributed by atoms with Crippen LogP contribution in [0.15, 0.2) is 0 Å². The Morgan fingerprint density at radius 1 is 0.538 bits per heavy atom. The van der Waals surface area contributed by atoms with Gasteiger partial charge < -0.3 is 9.80 Å². The average Bonchev–Trinajstić information content (AvgIpc) is 3.62. The van der Waals surface area contributed by atoms with Crippen molar-refractivity contribution in [3.05, 3.63) is 0 Å². The number of likely N-dealkylation sites (tertiary alicyclic amines) is 4. The SMILES string of the molecule is CN(CCC(C)(C)N1C[C@@H](N(C)CCC(C)(C)N2CC(N3CCC3)C[C@@]2(C)C(F)(F)F)C[C@@]1(C)C(F)(F)F)[C@@H]1CN(C(C)(C)C)C(C)(C(F)(F)F)C1. The molecule has 4 aliphatic rings. The van der Waals surface area contributed by atoms with Gasteiger partial charge in [-0.2, -0.15) is 39.5 Å². The zero-order chi connectivity index (χ0) is 39.9. The van der Waals surface area contributed by atoms with E-state index in [0.717, 1.165) is 19.5 Å². The average molecular weight is 765 g/mol. The molecule has 4 rings (SSSR count). The standard InChI is InChI=1S/C37H65F9N6/c1-29(2,3)50-23-26(20-32(50,8)35(38,39)40)47(11)18-14-30(4,5)51-24-27(21-33(51,9)36(41,42)43)48(12)19-15-31(6,7)52-25-28(49-16-13-17-49)22-34(52,10)37(44,45)46/h26-28H,13-25H2,1-12H3/t26-,27-,28?,32?,33-,34-/m0/s1. The summed E-state index contributed by atoms with van der Waals surface area (Å²) in [7, 11) is 3.52. The maximum absolute atomic E-state index is 15.0. The highest BCUT2D eigenvalue weighted by atomic mass is 19.4. The maximum Gasteiger partial charge on any atom is 0.406 e. The smallest absolute Gasteiger partial charge is 0.302 e. The van der Waals surface area contributed by atoms with E-state index in [1.807, 2.05) is 23.6 Å². The molecule has 2 unspecified atom stereocenters. The quantitative estimate of drug-likeness (QED) is 0.198. The van der Waals surface area contributed by atoms with E-state index in [1.165, 1.54) is 30.6 Å². The topological polar surface area (TPSA) is 19.4 Å². The molecule has 306 valence electrons. The molecule has 4 aliphatic heterocycles. The van der Waals surface area contributed by atoms with E-state index >= 15 is 0 Å². The molecule has 0 N–H and O–H groups in total. The van der Waals surface area contributed by atoms with Gasteiger partial charge in [-0.15, -0.1) is 0 Å². The molecule has 15 heteroatoms. The van der Waals surface area contributed by atoms with Crippen LogP contribution >= 0.6 is 0 Å². The van der Waals surface area contributed by atoms with E-state index in [4.69, 9.17) is 0 Å². The normalized spacial score (nSPS) is 34.3. The van der Waals surface area contributed by atoms with Gasteiger partial charge in [-0.05, 0) is 148 Å². The fourth-order valence-electron chi connectivity index (χ4n) is 9.86. The minimum Gasteiger partial charge on any atom is -0.302 e. The van der Waals surface area contributed by atoms with Gasteiger partial charge in [0.05, 0.1) is 0 Å². The number of rotatable bonds is 11. The first-order chi connectivity index (χ1) is 23.2. The molecule has 0 saturated carbocycles. The van der Waals surface area contributed by atoms with Crippen LogP contribution in [0.5, 0.6) is 0 Å². The zero-order valence-corrected chi connectivity index (χ0v) is 33.5. The summed E-state index contributed by atoms with van der Waals surface area (Å²) in [5.41, 5.74) is -8.74. The third-order valence-corrected chi connectivity index (χ3v) is 13.8. The Morgan fingerprint density at radius 2 is 0.885 bits per heavy atom.